The summed E-state index contributed by atoms with van der Waals surface area (Å²) in [5.41, 5.74) is 7.01. The van der Waals surface area contributed by atoms with E-state index in [0.717, 1.165) is 11.8 Å². The van der Waals surface area contributed by atoms with Gasteiger partial charge >= 0.3 is 23.9 Å². The van der Waals surface area contributed by atoms with Crippen molar-refractivity contribution < 1.29 is 38.5 Å². The molecule has 0 fully saturated rings. The molecule has 4 aromatic rings. The fraction of sp³-hybridized carbons (Fsp3) is 0.0345. The second-order valence-corrected chi connectivity index (χ2v) is 8.11. The van der Waals surface area contributed by atoms with Crippen molar-refractivity contribution in [3.05, 3.63) is 113 Å². The molecule has 10 heteroatoms. The van der Waals surface area contributed by atoms with Gasteiger partial charge < -0.3 is 30.4 Å². The lowest BCUT2D eigenvalue weighted by Gasteiger charge is -2.11. The van der Waals surface area contributed by atoms with Crippen molar-refractivity contribution in [2.75, 3.05) is 18.1 Å². The fourth-order valence-electron chi connectivity index (χ4n) is 3.37. The highest BCUT2D eigenvalue weighted by Gasteiger charge is 2.21. The van der Waals surface area contributed by atoms with Gasteiger partial charge in [0.1, 0.15) is 22.8 Å². The Morgan fingerprint density at radius 3 is 2.03 bits per heavy atom. The molecular weight excluding hydrogens is 504 g/mol. The maximum Gasteiger partial charge on any atom is 0.347 e. The molecule has 0 bridgehead atoms. The summed E-state index contributed by atoms with van der Waals surface area (Å²) >= 11 is 0. The van der Waals surface area contributed by atoms with E-state index in [4.69, 9.17) is 19.9 Å². The molecule has 0 aliphatic heterocycles. The topological polar surface area (TPSA) is 154 Å². The molecule has 0 amide bonds. The Labute approximate surface area is 222 Å². The highest BCUT2D eigenvalue weighted by molar-refractivity contribution is 6.03. The van der Waals surface area contributed by atoms with Crippen molar-refractivity contribution in [2.45, 2.75) is 0 Å². The van der Waals surface area contributed by atoms with Gasteiger partial charge in [0.05, 0.1) is 16.7 Å². The Morgan fingerprint density at radius 1 is 0.692 bits per heavy atom. The average molecular weight is 527 g/mol. The number of hydrogen-bond donors (Lipinski definition) is 3. The van der Waals surface area contributed by atoms with Gasteiger partial charge in [-0.1, -0.05) is 6.07 Å². The van der Waals surface area contributed by atoms with Crippen molar-refractivity contribution in [1.29, 1.82) is 0 Å². The Morgan fingerprint density at radius 2 is 1.33 bits per heavy atom. The van der Waals surface area contributed by atoms with E-state index in [2.05, 4.69) is 5.32 Å². The number of nitrogens with one attached hydrogen (secondary N) is 1. The molecule has 0 unspecified atom stereocenters. The number of phenolic OH excluding ortho intramolecular Hbond substituents is 1. The number of benzene rings is 4. The first kappa shape index (κ1) is 26.4. The van der Waals surface area contributed by atoms with Crippen LogP contribution >= 0.6 is 0 Å². The van der Waals surface area contributed by atoms with Gasteiger partial charge in [-0.3, -0.25) is 0 Å². The second-order valence-electron chi connectivity index (χ2n) is 8.11. The van der Waals surface area contributed by atoms with E-state index in [1.165, 1.54) is 72.8 Å². The largest absolute Gasteiger partial charge is 0.508 e. The van der Waals surface area contributed by atoms with Crippen LogP contribution in [-0.4, -0.2) is 36.0 Å². The fourth-order valence-corrected chi connectivity index (χ4v) is 3.37. The zero-order chi connectivity index (χ0) is 27.9. The van der Waals surface area contributed by atoms with Crippen LogP contribution in [0.5, 0.6) is 17.2 Å². The quantitative estimate of drug-likeness (QED) is 0.136. The monoisotopic (exact) mass is 526 g/mol. The number of anilines is 2. The van der Waals surface area contributed by atoms with Crippen LogP contribution in [0.1, 0.15) is 41.4 Å². The number of rotatable bonds is 7. The number of aromatic hydroxyl groups is 1. The van der Waals surface area contributed by atoms with Gasteiger partial charge in [0.25, 0.3) is 0 Å². The summed E-state index contributed by atoms with van der Waals surface area (Å²) in [6, 6.07) is 21.2. The van der Waals surface area contributed by atoms with Crippen LogP contribution in [0.15, 0.2) is 91.0 Å². The summed E-state index contributed by atoms with van der Waals surface area (Å²) in [5.74, 6) is -4.04. The molecule has 0 saturated carbocycles. The van der Waals surface area contributed by atoms with E-state index in [0.29, 0.717) is 5.69 Å². The third-order valence-electron chi connectivity index (χ3n) is 5.41. The van der Waals surface area contributed by atoms with Gasteiger partial charge in [-0.2, -0.15) is 0 Å². The first-order valence-corrected chi connectivity index (χ1v) is 11.5. The van der Waals surface area contributed by atoms with Crippen molar-refractivity contribution in [3.63, 3.8) is 0 Å². The molecule has 0 aromatic heterocycles. The number of hydrogen-bond acceptors (Lipinski definition) is 10. The maximum absolute atomic E-state index is 12.9. The normalized spacial score (nSPS) is 10.3. The molecule has 196 valence electrons. The summed E-state index contributed by atoms with van der Waals surface area (Å²) < 4.78 is 15.6. The number of nitrogens with two attached hydrogens (primary N) is 1. The van der Waals surface area contributed by atoms with E-state index in [1.807, 2.05) is 0 Å². The number of carbonyl (C=O) groups is 4. The standard InChI is InChI=1S/C29H22N2O8/c1-31-21-11-7-18(8-12-21)27(34)39-28(35)19-3-2-4-23(15-19)37-29(36)24-14-13-22(32)16-25(24)38-26(33)17-5-9-20(30)10-6-17/h2-16,31-32H,30H2,1H3. The predicted molar refractivity (Wildman–Crippen MR) is 141 cm³/mol. The molecule has 0 atom stereocenters. The van der Waals surface area contributed by atoms with Crippen LogP contribution in [0.2, 0.25) is 0 Å². The van der Waals surface area contributed by atoms with Crippen molar-refractivity contribution in [3.8, 4) is 17.2 Å². The zero-order valence-corrected chi connectivity index (χ0v) is 20.5. The molecule has 0 saturated heterocycles. The van der Waals surface area contributed by atoms with E-state index < -0.39 is 23.9 Å². The highest BCUT2D eigenvalue weighted by Crippen LogP contribution is 2.27. The van der Waals surface area contributed by atoms with Gasteiger partial charge in [-0.25, -0.2) is 19.2 Å². The van der Waals surface area contributed by atoms with Gasteiger partial charge in [0.15, 0.2) is 0 Å². The number of nitrogen functional groups attached to an aromatic ring is 1. The first-order valence-electron chi connectivity index (χ1n) is 11.5. The number of ether oxygens (including phenoxy) is 3. The van der Waals surface area contributed by atoms with E-state index in [9.17, 15) is 24.3 Å². The minimum Gasteiger partial charge on any atom is -0.508 e. The number of phenols is 1. The molecule has 39 heavy (non-hydrogen) atoms. The Balaban J connectivity index is 1.47. The second kappa shape index (κ2) is 11.6. The summed E-state index contributed by atoms with van der Waals surface area (Å²) in [4.78, 5) is 50.3. The SMILES string of the molecule is CNc1ccc(C(=O)OC(=O)c2cccc(OC(=O)c3ccc(O)cc3OC(=O)c3ccc(N)cc3)c2)cc1. The molecular formula is C29H22N2O8. The van der Waals surface area contributed by atoms with Crippen LogP contribution in [0, 0.1) is 0 Å². The first-order chi connectivity index (χ1) is 18.7. The molecule has 4 rings (SSSR count). The van der Waals surface area contributed by atoms with Crippen LogP contribution in [0.3, 0.4) is 0 Å². The third-order valence-corrected chi connectivity index (χ3v) is 5.41. The number of esters is 4. The van der Waals surface area contributed by atoms with Crippen LogP contribution in [0.25, 0.3) is 0 Å². The van der Waals surface area contributed by atoms with Gasteiger partial charge in [0, 0.05) is 24.5 Å². The molecule has 0 radical (unpaired) electrons. The van der Waals surface area contributed by atoms with Crippen LogP contribution < -0.4 is 20.5 Å². The minimum atomic E-state index is -0.946. The lowest BCUT2D eigenvalue weighted by molar-refractivity contribution is 0.0395. The highest BCUT2D eigenvalue weighted by atomic mass is 16.6. The average Bonchev–Trinajstić information content (AvgIpc) is 2.93. The van der Waals surface area contributed by atoms with Crippen molar-refractivity contribution in [2.24, 2.45) is 0 Å². The predicted octanol–water partition coefficient (Wildman–Crippen LogP) is 4.45. The molecule has 0 heterocycles. The molecule has 0 spiro atoms. The third kappa shape index (κ3) is 6.57. The molecule has 0 aliphatic carbocycles. The van der Waals surface area contributed by atoms with Gasteiger partial charge in [-0.15, -0.1) is 0 Å². The molecule has 4 aromatic carbocycles. The lowest BCUT2D eigenvalue weighted by Crippen LogP contribution is -2.15. The Hall–Kier alpha value is -5.64. The summed E-state index contributed by atoms with van der Waals surface area (Å²) in [6.07, 6.45) is 0. The molecule has 0 aliphatic rings. The Bertz CT molecular complexity index is 1550. The number of carbonyl (C=O) groups excluding carboxylic acids is 4. The van der Waals surface area contributed by atoms with Crippen molar-refractivity contribution >= 4 is 35.3 Å². The van der Waals surface area contributed by atoms with E-state index in [-0.39, 0.29) is 39.5 Å². The summed E-state index contributed by atoms with van der Waals surface area (Å²) in [7, 11) is 1.73. The molecule has 10 nitrogen and oxygen atoms in total. The lowest BCUT2D eigenvalue weighted by atomic mass is 10.1. The van der Waals surface area contributed by atoms with Gasteiger partial charge in [-0.05, 0) is 78.9 Å². The maximum atomic E-state index is 12.9. The van der Waals surface area contributed by atoms with Crippen LogP contribution in [-0.2, 0) is 4.74 Å². The van der Waals surface area contributed by atoms with Gasteiger partial charge in [0.2, 0.25) is 0 Å². The van der Waals surface area contributed by atoms with Crippen LogP contribution in [0.4, 0.5) is 11.4 Å². The van der Waals surface area contributed by atoms with E-state index in [1.54, 1.807) is 19.2 Å². The Kier molecular flexibility index (Phi) is 7.86. The summed E-state index contributed by atoms with van der Waals surface area (Å²) in [5, 5.41) is 12.8. The zero-order valence-electron chi connectivity index (χ0n) is 20.5. The summed E-state index contributed by atoms with van der Waals surface area (Å²) in [6.45, 7) is 0. The minimum absolute atomic E-state index is 0.0378. The van der Waals surface area contributed by atoms with Crippen molar-refractivity contribution in [1.82, 2.24) is 0 Å². The smallest absolute Gasteiger partial charge is 0.347 e. The van der Waals surface area contributed by atoms with E-state index >= 15 is 0 Å². The molecule has 4 N–H and O–H groups in total.